The zero-order valence-corrected chi connectivity index (χ0v) is 13.7. The summed E-state index contributed by atoms with van der Waals surface area (Å²) in [6.45, 7) is 8.92. The number of benzene rings is 2. The molecule has 23 heavy (non-hydrogen) atoms. The number of allylic oxidation sites excluding steroid dienone is 5. The van der Waals surface area contributed by atoms with Crippen LogP contribution in [0, 0.1) is 0 Å². The van der Waals surface area contributed by atoms with Gasteiger partial charge in [0, 0.05) is 21.8 Å². The van der Waals surface area contributed by atoms with Gasteiger partial charge in [-0.2, -0.15) is 0 Å². The first-order valence-corrected chi connectivity index (χ1v) is 8.14. The lowest BCUT2D eigenvalue weighted by atomic mass is 9.77. The average molecular weight is 299 g/mol. The standard InChI is InChI=1S/C22H21N/c1-15-9-5-4-8-12-22(2,3)19-14-21-18(13-17(15)19)16-10-6-7-11-20(16)23-21/h4-11,13-14,23H,1,12H2,2-3H3/b8-4-,9-5-. The predicted molar refractivity (Wildman–Crippen MR) is 101 cm³/mol. The van der Waals surface area contributed by atoms with E-state index in [0.29, 0.717) is 0 Å². The van der Waals surface area contributed by atoms with Gasteiger partial charge in [-0.15, -0.1) is 0 Å². The predicted octanol–water partition coefficient (Wildman–Crippen LogP) is 6.13. The van der Waals surface area contributed by atoms with Crippen LogP contribution < -0.4 is 0 Å². The molecule has 0 atom stereocenters. The SMILES string of the molecule is C=C1/C=C\C=C/CC(C)(C)c2cc3[nH]c4ccccc4c3cc21. The van der Waals surface area contributed by atoms with Gasteiger partial charge in [-0.1, -0.05) is 62.9 Å². The maximum absolute atomic E-state index is 4.30. The van der Waals surface area contributed by atoms with Crippen LogP contribution in [0.1, 0.15) is 31.4 Å². The summed E-state index contributed by atoms with van der Waals surface area (Å²) in [7, 11) is 0. The molecule has 0 amide bonds. The normalized spacial score (nSPS) is 19.8. The summed E-state index contributed by atoms with van der Waals surface area (Å²) in [4.78, 5) is 3.57. The Morgan fingerprint density at radius 3 is 2.70 bits per heavy atom. The summed E-state index contributed by atoms with van der Waals surface area (Å²) in [6, 6.07) is 13.1. The van der Waals surface area contributed by atoms with E-state index in [-0.39, 0.29) is 5.41 Å². The fraction of sp³-hybridized carbons (Fsp3) is 0.182. The number of rotatable bonds is 0. The van der Waals surface area contributed by atoms with E-state index in [4.69, 9.17) is 0 Å². The molecule has 0 saturated heterocycles. The number of fused-ring (bicyclic) bond motifs is 4. The first-order valence-electron chi connectivity index (χ1n) is 8.14. The van der Waals surface area contributed by atoms with E-state index in [1.54, 1.807) is 0 Å². The molecular formula is C22H21N. The van der Waals surface area contributed by atoms with E-state index in [9.17, 15) is 0 Å². The lowest BCUT2D eigenvalue weighted by Crippen LogP contribution is -2.18. The molecule has 0 radical (unpaired) electrons. The maximum Gasteiger partial charge on any atom is 0.0468 e. The van der Waals surface area contributed by atoms with Crippen molar-refractivity contribution in [2.75, 3.05) is 0 Å². The minimum atomic E-state index is 0.0757. The Bertz CT molecular complexity index is 980. The largest absolute Gasteiger partial charge is 0.355 e. The van der Waals surface area contributed by atoms with Gasteiger partial charge in [-0.25, -0.2) is 0 Å². The average Bonchev–Trinajstić information content (AvgIpc) is 2.91. The summed E-state index contributed by atoms with van der Waals surface area (Å²) >= 11 is 0. The molecule has 0 fully saturated rings. The Morgan fingerprint density at radius 1 is 1.00 bits per heavy atom. The molecule has 0 unspecified atom stereocenters. The smallest absolute Gasteiger partial charge is 0.0468 e. The van der Waals surface area contributed by atoms with Crippen LogP contribution in [0.25, 0.3) is 27.4 Å². The fourth-order valence-electron chi connectivity index (χ4n) is 3.54. The highest BCUT2D eigenvalue weighted by Gasteiger charge is 2.24. The van der Waals surface area contributed by atoms with Gasteiger partial charge in [-0.3, -0.25) is 0 Å². The molecule has 114 valence electrons. The highest BCUT2D eigenvalue weighted by atomic mass is 14.7. The second-order valence-electron chi connectivity index (χ2n) is 7.01. The molecule has 3 aromatic rings. The highest BCUT2D eigenvalue weighted by Crippen LogP contribution is 2.38. The Hall–Kier alpha value is -2.54. The van der Waals surface area contributed by atoms with Crippen LogP contribution in [-0.4, -0.2) is 4.98 Å². The number of para-hydroxylation sites is 1. The molecule has 4 rings (SSSR count). The van der Waals surface area contributed by atoms with E-state index in [1.807, 2.05) is 0 Å². The number of nitrogens with one attached hydrogen (secondary N) is 1. The van der Waals surface area contributed by atoms with E-state index in [1.165, 1.54) is 32.9 Å². The van der Waals surface area contributed by atoms with Gasteiger partial charge in [-0.05, 0) is 46.7 Å². The van der Waals surface area contributed by atoms with Crippen LogP contribution in [0.4, 0.5) is 0 Å². The maximum atomic E-state index is 4.30. The number of hydrogen-bond acceptors (Lipinski definition) is 0. The third-order valence-electron chi connectivity index (χ3n) is 4.89. The van der Waals surface area contributed by atoms with Crippen LogP contribution in [0.5, 0.6) is 0 Å². The van der Waals surface area contributed by atoms with Crippen molar-refractivity contribution >= 4 is 27.4 Å². The molecule has 0 saturated carbocycles. The Labute approximate surface area is 137 Å². The van der Waals surface area contributed by atoms with Gasteiger partial charge in [0.1, 0.15) is 0 Å². The number of aromatic amines is 1. The van der Waals surface area contributed by atoms with Crippen molar-refractivity contribution in [3.05, 3.63) is 78.4 Å². The molecule has 1 aromatic heterocycles. The van der Waals surface area contributed by atoms with Crippen LogP contribution in [0.3, 0.4) is 0 Å². The lowest BCUT2D eigenvalue weighted by Gasteiger charge is -2.27. The Morgan fingerprint density at radius 2 is 1.83 bits per heavy atom. The minimum absolute atomic E-state index is 0.0757. The zero-order valence-electron chi connectivity index (χ0n) is 13.7. The summed E-state index contributed by atoms with van der Waals surface area (Å²) in [5, 5.41) is 2.55. The molecule has 1 N–H and O–H groups in total. The molecule has 1 aliphatic carbocycles. The minimum Gasteiger partial charge on any atom is -0.355 e. The lowest BCUT2D eigenvalue weighted by molar-refractivity contribution is 0.533. The second kappa shape index (κ2) is 4.99. The monoisotopic (exact) mass is 299 g/mol. The van der Waals surface area contributed by atoms with Crippen molar-refractivity contribution in [3.63, 3.8) is 0 Å². The van der Waals surface area contributed by atoms with Crippen LogP contribution in [-0.2, 0) is 5.41 Å². The molecule has 0 bridgehead atoms. The molecule has 0 spiro atoms. The van der Waals surface area contributed by atoms with Gasteiger partial charge in [0.2, 0.25) is 0 Å². The highest BCUT2D eigenvalue weighted by molar-refractivity contribution is 6.08. The van der Waals surface area contributed by atoms with E-state index < -0.39 is 0 Å². The van der Waals surface area contributed by atoms with E-state index in [2.05, 4.69) is 86.1 Å². The van der Waals surface area contributed by atoms with Crippen LogP contribution in [0.2, 0.25) is 0 Å². The quantitative estimate of drug-likeness (QED) is 0.514. The van der Waals surface area contributed by atoms with Crippen LogP contribution in [0.15, 0.2) is 67.3 Å². The first-order chi connectivity index (χ1) is 11.1. The summed E-state index contributed by atoms with van der Waals surface area (Å²) in [6.07, 6.45) is 9.59. The Balaban J connectivity index is 2.09. The van der Waals surface area contributed by atoms with E-state index >= 15 is 0 Å². The van der Waals surface area contributed by atoms with Crippen molar-refractivity contribution in [1.29, 1.82) is 0 Å². The van der Waals surface area contributed by atoms with Crippen molar-refractivity contribution < 1.29 is 0 Å². The number of aromatic nitrogens is 1. The molecule has 1 heteroatoms. The van der Waals surface area contributed by atoms with Crippen molar-refractivity contribution in [2.45, 2.75) is 25.7 Å². The van der Waals surface area contributed by atoms with E-state index in [0.717, 1.165) is 12.0 Å². The van der Waals surface area contributed by atoms with Gasteiger partial charge in [0.15, 0.2) is 0 Å². The molecule has 1 heterocycles. The van der Waals surface area contributed by atoms with Gasteiger partial charge < -0.3 is 4.98 Å². The third kappa shape index (κ3) is 2.24. The molecule has 0 aliphatic heterocycles. The summed E-state index contributed by atoms with van der Waals surface area (Å²) in [5.41, 5.74) is 6.16. The van der Waals surface area contributed by atoms with Gasteiger partial charge in [0.25, 0.3) is 0 Å². The fourth-order valence-corrected chi connectivity index (χ4v) is 3.54. The number of hydrogen-bond donors (Lipinski definition) is 1. The zero-order chi connectivity index (χ0) is 16.0. The molecule has 2 aromatic carbocycles. The first kappa shape index (κ1) is 14.1. The van der Waals surface area contributed by atoms with Gasteiger partial charge in [0.05, 0.1) is 0 Å². The second-order valence-corrected chi connectivity index (χ2v) is 7.01. The summed E-state index contributed by atoms with van der Waals surface area (Å²) in [5.74, 6) is 0. The molecular weight excluding hydrogens is 278 g/mol. The Kier molecular flexibility index (Phi) is 3.05. The van der Waals surface area contributed by atoms with Crippen LogP contribution >= 0.6 is 0 Å². The van der Waals surface area contributed by atoms with Crippen molar-refractivity contribution in [1.82, 2.24) is 4.98 Å². The van der Waals surface area contributed by atoms with Gasteiger partial charge >= 0.3 is 0 Å². The summed E-state index contributed by atoms with van der Waals surface area (Å²) < 4.78 is 0. The van der Waals surface area contributed by atoms with Crippen molar-refractivity contribution in [3.8, 4) is 0 Å². The topological polar surface area (TPSA) is 15.8 Å². The molecule has 1 nitrogen and oxygen atoms in total. The molecule has 1 aliphatic rings. The number of H-pyrrole nitrogens is 1. The third-order valence-corrected chi connectivity index (χ3v) is 4.89. The van der Waals surface area contributed by atoms with Crippen molar-refractivity contribution in [2.24, 2.45) is 0 Å².